The van der Waals surface area contributed by atoms with Crippen LogP contribution in [0.15, 0.2) is 48.5 Å². The van der Waals surface area contributed by atoms with Gasteiger partial charge in [-0.25, -0.2) is 9.67 Å². The van der Waals surface area contributed by atoms with Crippen LogP contribution in [0.25, 0.3) is 5.69 Å². The Morgan fingerprint density at radius 2 is 1.89 bits per heavy atom. The van der Waals surface area contributed by atoms with Crippen LogP contribution in [0.4, 0.5) is 0 Å². The number of benzene rings is 2. The van der Waals surface area contributed by atoms with Crippen molar-refractivity contribution in [2.75, 3.05) is 13.4 Å². The second kappa shape index (κ2) is 7.04. The van der Waals surface area contributed by atoms with E-state index in [-0.39, 0.29) is 12.9 Å². The van der Waals surface area contributed by atoms with Gasteiger partial charge in [0.15, 0.2) is 23.1 Å². The molecule has 1 aromatic heterocycles. The van der Waals surface area contributed by atoms with Crippen molar-refractivity contribution < 1.29 is 14.2 Å². The number of aromatic nitrogens is 3. The summed E-state index contributed by atoms with van der Waals surface area (Å²) in [5, 5.41) is 4.79. The lowest BCUT2D eigenvalue weighted by Gasteiger charge is -2.11. The summed E-state index contributed by atoms with van der Waals surface area (Å²) in [7, 11) is 0. The lowest BCUT2D eigenvalue weighted by atomic mass is 10.1. The van der Waals surface area contributed by atoms with Gasteiger partial charge >= 0.3 is 0 Å². The Morgan fingerprint density at radius 1 is 1.00 bits per heavy atom. The first-order valence-electron chi connectivity index (χ1n) is 9.38. The van der Waals surface area contributed by atoms with E-state index in [1.807, 2.05) is 28.9 Å². The number of hydrogen-bond acceptors (Lipinski definition) is 5. The summed E-state index contributed by atoms with van der Waals surface area (Å²) in [6.45, 7) is 1.04. The van der Waals surface area contributed by atoms with Crippen LogP contribution in [0.5, 0.6) is 11.5 Å². The highest BCUT2D eigenvalue weighted by Crippen LogP contribution is 2.35. The molecule has 0 radical (unpaired) electrons. The van der Waals surface area contributed by atoms with Crippen LogP contribution in [-0.4, -0.2) is 28.2 Å². The van der Waals surface area contributed by atoms with E-state index in [2.05, 4.69) is 24.3 Å². The molecule has 2 aliphatic heterocycles. The molecule has 0 amide bonds. The van der Waals surface area contributed by atoms with Crippen molar-refractivity contribution >= 4 is 0 Å². The van der Waals surface area contributed by atoms with Crippen molar-refractivity contribution in [3.05, 3.63) is 65.7 Å². The van der Waals surface area contributed by atoms with Gasteiger partial charge in [0.25, 0.3) is 0 Å². The minimum absolute atomic E-state index is 0.00611. The fourth-order valence-corrected chi connectivity index (χ4v) is 3.57. The summed E-state index contributed by atoms with van der Waals surface area (Å²) in [5.74, 6) is 3.21. The third-order valence-corrected chi connectivity index (χ3v) is 4.97. The molecule has 138 valence electrons. The molecule has 6 heteroatoms. The van der Waals surface area contributed by atoms with Gasteiger partial charge in [-0.15, -0.1) is 0 Å². The summed E-state index contributed by atoms with van der Waals surface area (Å²) >= 11 is 0. The van der Waals surface area contributed by atoms with Gasteiger partial charge in [0, 0.05) is 19.1 Å². The molecular weight excluding hydrogens is 342 g/mol. The fraction of sp³-hybridized carbons (Fsp3) is 0.333. The molecule has 3 heterocycles. The van der Waals surface area contributed by atoms with Crippen LogP contribution in [0, 0.1) is 0 Å². The molecule has 0 saturated carbocycles. The fourth-order valence-electron chi connectivity index (χ4n) is 3.57. The third kappa shape index (κ3) is 3.28. The number of nitrogens with zero attached hydrogens (tertiary/aromatic N) is 3. The summed E-state index contributed by atoms with van der Waals surface area (Å²) < 4.78 is 18.7. The lowest BCUT2D eigenvalue weighted by Crippen LogP contribution is -2.08. The van der Waals surface area contributed by atoms with Gasteiger partial charge < -0.3 is 14.2 Å². The molecule has 0 bridgehead atoms. The van der Waals surface area contributed by atoms with Crippen LogP contribution in [0.1, 0.15) is 36.2 Å². The minimum Gasteiger partial charge on any atom is -0.454 e. The minimum atomic E-state index is -0.00611. The third-order valence-electron chi connectivity index (χ3n) is 4.97. The molecule has 0 N–H and O–H groups in total. The summed E-state index contributed by atoms with van der Waals surface area (Å²) in [5.41, 5.74) is 2.21. The Balaban J connectivity index is 1.46. The van der Waals surface area contributed by atoms with E-state index in [1.54, 1.807) is 0 Å². The molecule has 2 aromatic carbocycles. The van der Waals surface area contributed by atoms with Crippen molar-refractivity contribution in [3.63, 3.8) is 0 Å². The predicted octanol–water partition coefficient (Wildman–Crippen LogP) is 3.63. The van der Waals surface area contributed by atoms with Gasteiger partial charge in [0.1, 0.15) is 6.10 Å². The van der Waals surface area contributed by atoms with Crippen LogP contribution in [0.2, 0.25) is 0 Å². The highest BCUT2D eigenvalue weighted by molar-refractivity contribution is 5.50. The topological polar surface area (TPSA) is 58.4 Å². The van der Waals surface area contributed by atoms with E-state index in [0.29, 0.717) is 0 Å². The number of ether oxygens (including phenoxy) is 3. The van der Waals surface area contributed by atoms with E-state index in [4.69, 9.17) is 24.3 Å². The van der Waals surface area contributed by atoms with E-state index in [0.717, 1.165) is 61.1 Å². The Bertz CT molecular complexity index is 933. The predicted molar refractivity (Wildman–Crippen MR) is 99.3 cm³/mol. The molecule has 1 fully saturated rings. The van der Waals surface area contributed by atoms with Crippen molar-refractivity contribution in [1.82, 2.24) is 14.8 Å². The highest BCUT2D eigenvalue weighted by atomic mass is 16.7. The number of rotatable bonds is 5. The Hall–Kier alpha value is -2.86. The van der Waals surface area contributed by atoms with Crippen molar-refractivity contribution in [2.45, 2.75) is 31.8 Å². The molecule has 27 heavy (non-hydrogen) atoms. The van der Waals surface area contributed by atoms with Crippen molar-refractivity contribution in [1.29, 1.82) is 0 Å². The molecule has 3 aromatic rings. The Kier molecular flexibility index (Phi) is 4.26. The van der Waals surface area contributed by atoms with Crippen LogP contribution in [0.3, 0.4) is 0 Å². The van der Waals surface area contributed by atoms with Crippen molar-refractivity contribution in [2.24, 2.45) is 0 Å². The molecule has 1 saturated heterocycles. The Labute approximate surface area is 157 Å². The SMILES string of the molecule is c1ccc(CCc2nc([C@H]3CCCO3)n(-c3ccc4c(c3)OCO4)n2)cc1. The van der Waals surface area contributed by atoms with E-state index >= 15 is 0 Å². The summed E-state index contributed by atoms with van der Waals surface area (Å²) in [6, 6.07) is 16.3. The molecule has 5 rings (SSSR count). The first kappa shape index (κ1) is 16.3. The van der Waals surface area contributed by atoms with Crippen molar-refractivity contribution in [3.8, 4) is 17.2 Å². The lowest BCUT2D eigenvalue weighted by molar-refractivity contribution is 0.103. The zero-order chi connectivity index (χ0) is 18.1. The number of hydrogen-bond donors (Lipinski definition) is 0. The molecular formula is C21H21N3O3. The Morgan fingerprint density at radius 3 is 2.74 bits per heavy atom. The second-order valence-corrected chi connectivity index (χ2v) is 6.82. The number of aryl methyl sites for hydroxylation is 2. The smallest absolute Gasteiger partial charge is 0.231 e. The largest absolute Gasteiger partial charge is 0.454 e. The van der Waals surface area contributed by atoms with Gasteiger partial charge in [-0.05, 0) is 37.0 Å². The molecule has 0 unspecified atom stereocenters. The van der Waals surface area contributed by atoms with E-state index in [9.17, 15) is 0 Å². The van der Waals surface area contributed by atoms with Gasteiger partial charge in [0.2, 0.25) is 6.79 Å². The summed E-state index contributed by atoms with van der Waals surface area (Å²) in [6.07, 6.45) is 3.73. The highest BCUT2D eigenvalue weighted by Gasteiger charge is 2.26. The monoisotopic (exact) mass is 363 g/mol. The summed E-state index contributed by atoms with van der Waals surface area (Å²) in [4.78, 5) is 4.83. The first-order valence-corrected chi connectivity index (χ1v) is 9.38. The molecule has 6 nitrogen and oxygen atoms in total. The molecule has 0 aliphatic carbocycles. The maximum atomic E-state index is 5.89. The zero-order valence-electron chi connectivity index (χ0n) is 15.0. The van der Waals surface area contributed by atoms with Crippen LogP contribution in [-0.2, 0) is 17.6 Å². The second-order valence-electron chi connectivity index (χ2n) is 6.82. The van der Waals surface area contributed by atoms with Gasteiger partial charge in [-0.3, -0.25) is 0 Å². The van der Waals surface area contributed by atoms with E-state index < -0.39 is 0 Å². The van der Waals surface area contributed by atoms with Gasteiger partial charge in [-0.1, -0.05) is 30.3 Å². The van der Waals surface area contributed by atoms with Crippen LogP contribution >= 0.6 is 0 Å². The van der Waals surface area contributed by atoms with Crippen LogP contribution < -0.4 is 9.47 Å². The standard InChI is InChI=1S/C21H21N3O3/c1-2-5-15(6-3-1)8-11-20-22-21(18-7-4-12-25-18)24(23-20)16-9-10-17-19(13-16)27-14-26-17/h1-3,5-6,9-10,13,18H,4,7-8,11-12,14H2/t18-/m1/s1. The molecule has 1 atom stereocenters. The zero-order valence-corrected chi connectivity index (χ0v) is 15.0. The van der Waals surface area contributed by atoms with Gasteiger partial charge in [0.05, 0.1) is 5.69 Å². The average molecular weight is 363 g/mol. The quantitative estimate of drug-likeness (QED) is 0.693. The maximum Gasteiger partial charge on any atom is 0.231 e. The van der Waals surface area contributed by atoms with E-state index in [1.165, 1.54) is 5.56 Å². The average Bonchev–Trinajstić information content (AvgIpc) is 3.46. The molecule has 2 aliphatic rings. The maximum absolute atomic E-state index is 5.89. The first-order chi connectivity index (χ1) is 13.4. The normalized spacial score (nSPS) is 18.1. The molecule has 0 spiro atoms. The van der Waals surface area contributed by atoms with Gasteiger partial charge in [-0.2, -0.15) is 5.10 Å². The number of fused-ring (bicyclic) bond motifs is 1.